The molecule has 1 aromatic carbocycles. The first kappa shape index (κ1) is 12.9. The molecule has 0 atom stereocenters. The lowest BCUT2D eigenvalue weighted by Gasteiger charge is -2.09. The molecule has 0 heterocycles. The number of nitrogens with one attached hydrogen (secondary N) is 1. The van der Waals surface area contributed by atoms with E-state index < -0.39 is 17.6 Å². The fourth-order valence-electron chi connectivity index (χ4n) is 1.28. The second kappa shape index (κ2) is 5.25. The molecule has 0 unspecified atom stereocenters. The molecule has 0 radical (unpaired) electrons. The highest BCUT2D eigenvalue weighted by molar-refractivity contribution is 6.01. The number of carbonyl (C=O) groups excluding carboxylic acids is 2. The minimum atomic E-state index is -0.745. The Bertz CT molecular complexity index is 496. The third-order valence-corrected chi connectivity index (χ3v) is 2.20. The van der Waals surface area contributed by atoms with Crippen molar-refractivity contribution < 1.29 is 14.0 Å². The molecule has 4 nitrogen and oxygen atoms in total. The van der Waals surface area contributed by atoms with E-state index in [1.807, 2.05) is 0 Å². The Hall–Kier alpha value is -2.17. The maximum atomic E-state index is 13.5. The Kier molecular flexibility index (Phi) is 3.98. The molecular weight excluding hydrogens is 223 g/mol. The summed E-state index contributed by atoms with van der Waals surface area (Å²) in [7, 11) is 0. The van der Waals surface area contributed by atoms with Crippen molar-refractivity contribution in [3.63, 3.8) is 0 Å². The van der Waals surface area contributed by atoms with Crippen molar-refractivity contribution in [2.45, 2.75) is 13.8 Å². The number of rotatable bonds is 3. The third kappa shape index (κ3) is 3.14. The van der Waals surface area contributed by atoms with Crippen LogP contribution in [0.15, 0.2) is 24.3 Å². The van der Waals surface area contributed by atoms with E-state index in [0.29, 0.717) is 0 Å². The summed E-state index contributed by atoms with van der Waals surface area (Å²) in [6.45, 7) is 3.19. The van der Waals surface area contributed by atoms with E-state index in [1.165, 1.54) is 19.1 Å². The van der Waals surface area contributed by atoms with Crippen molar-refractivity contribution in [3.05, 3.63) is 41.2 Å². The summed E-state index contributed by atoms with van der Waals surface area (Å²) >= 11 is 0. The Morgan fingerprint density at radius 3 is 2.59 bits per heavy atom. The molecule has 2 amide bonds. The molecule has 3 N–H and O–H groups in total. The summed E-state index contributed by atoms with van der Waals surface area (Å²) < 4.78 is 13.5. The van der Waals surface area contributed by atoms with Crippen LogP contribution < -0.4 is 11.1 Å². The van der Waals surface area contributed by atoms with Gasteiger partial charge in [0, 0.05) is 16.8 Å². The molecule has 0 saturated carbocycles. The smallest absolute Gasteiger partial charge is 0.248 e. The van der Waals surface area contributed by atoms with Crippen LogP contribution in [0.3, 0.4) is 0 Å². The summed E-state index contributed by atoms with van der Waals surface area (Å²) in [6.07, 6.45) is 2.85. The Labute approximate surface area is 98.3 Å². The number of hydrogen-bond donors (Lipinski definition) is 2. The largest absolute Gasteiger partial charge is 0.366 e. The van der Waals surface area contributed by atoms with Gasteiger partial charge < -0.3 is 11.1 Å². The van der Waals surface area contributed by atoms with Crippen molar-refractivity contribution >= 4 is 17.5 Å². The van der Waals surface area contributed by atoms with Crippen LogP contribution in [0.25, 0.3) is 0 Å². The molecule has 5 heteroatoms. The van der Waals surface area contributed by atoms with Crippen LogP contribution in [-0.2, 0) is 4.79 Å². The van der Waals surface area contributed by atoms with Crippen molar-refractivity contribution in [3.8, 4) is 0 Å². The molecule has 0 saturated heterocycles. The van der Waals surface area contributed by atoms with E-state index in [-0.39, 0.29) is 16.8 Å². The predicted molar refractivity (Wildman–Crippen MR) is 63.1 cm³/mol. The molecule has 0 aliphatic carbocycles. The minimum Gasteiger partial charge on any atom is -0.366 e. The zero-order valence-corrected chi connectivity index (χ0v) is 9.58. The van der Waals surface area contributed by atoms with Crippen LogP contribution in [0.1, 0.15) is 22.8 Å². The molecule has 0 bridgehead atoms. The fourth-order valence-corrected chi connectivity index (χ4v) is 1.28. The average Bonchev–Trinajstić information content (AvgIpc) is 2.24. The van der Waals surface area contributed by atoms with Gasteiger partial charge in [0.15, 0.2) is 0 Å². The third-order valence-electron chi connectivity index (χ3n) is 2.20. The molecule has 0 aliphatic heterocycles. The lowest BCUT2D eigenvalue weighted by molar-refractivity contribution is -0.111. The number of amides is 2. The van der Waals surface area contributed by atoms with E-state index in [4.69, 9.17) is 5.73 Å². The molecule has 0 spiro atoms. The molecule has 0 aliphatic rings. The Morgan fingerprint density at radius 1 is 1.41 bits per heavy atom. The molecular formula is C12H13FN2O2. The van der Waals surface area contributed by atoms with E-state index in [1.54, 1.807) is 13.0 Å². The zero-order valence-electron chi connectivity index (χ0n) is 9.58. The summed E-state index contributed by atoms with van der Waals surface area (Å²) in [5.74, 6) is -1.72. The molecule has 17 heavy (non-hydrogen) atoms. The number of primary amides is 1. The van der Waals surface area contributed by atoms with E-state index >= 15 is 0 Å². The fraction of sp³-hybridized carbons (Fsp3) is 0.167. The number of hydrogen-bond acceptors (Lipinski definition) is 2. The van der Waals surface area contributed by atoms with Crippen LogP contribution in [0.5, 0.6) is 0 Å². The normalized spacial score (nSPS) is 10.5. The quantitative estimate of drug-likeness (QED) is 0.785. The van der Waals surface area contributed by atoms with Gasteiger partial charge in [-0.1, -0.05) is 6.08 Å². The highest BCUT2D eigenvalue weighted by Crippen LogP contribution is 2.20. The van der Waals surface area contributed by atoms with E-state index in [9.17, 15) is 14.0 Å². The van der Waals surface area contributed by atoms with Crippen molar-refractivity contribution in [1.82, 2.24) is 0 Å². The van der Waals surface area contributed by atoms with Gasteiger partial charge in [-0.3, -0.25) is 9.59 Å². The Balaban J connectivity index is 3.14. The molecule has 1 rings (SSSR count). The monoisotopic (exact) mass is 236 g/mol. The van der Waals surface area contributed by atoms with Crippen LogP contribution >= 0.6 is 0 Å². The number of nitrogens with two attached hydrogens (primary N) is 1. The maximum absolute atomic E-state index is 13.5. The number of halogens is 1. The highest BCUT2D eigenvalue weighted by Gasteiger charge is 2.11. The topological polar surface area (TPSA) is 72.2 Å². The van der Waals surface area contributed by atoms with E-state index in [2.05, 4.69) is 5.32 Å². The first-order chi connectivity index (χ1) is 7.95. The zero-order chi connectivity index (χ0) is 13.0. The first-order valence-electron chi connectivity index (χ1n) is 4.99. The standard InChI is InChI=1S/C12H13FN2O2/c1-3-4-11(16)15-10-6-8(12(14)17)5-9(13)7(10)2/h3-6H,1-2H3,(H2,14,17)(H,15,16). The van der Waals surface area contributed by atoms with Gasteiger partial charge in [-0.15, -0.1) is 0 Å². The average molecular weight is 236 g/mol. The second-order valence-electron chi connectivity index (χ2n) is 3.48. The lowest BCUT2D eigenvalue weighted by Crippen LogP contribution is -2.14. The summed E-state index contributed by atoms with van der Waals surface area (Å²) in [4.78, 5) is 22.3. The van der Waals surface area contributed by atoms with Gasteiger partial charge in [0.05, 0.1) is 0 Å². The minimum absolute atomic E-state index is 0.0175. The molecule has 0 aromatic heterocycles. The van der Waals surface area contributed by atoms with Gasteiger partial charge in [0.25, 0.3) is 0 Å². The van der Waals surface area contributed by atoms with Crippen LogP contribution in [0.4, 0.5) is 10.1 Å². The number of anilines is 1. The van der Waals surface area contributed by atoms with Gasteiger partial charge in [0.1, 0.15) is 5.82 Å². The summed E-state index contributed by atoms with van der Waals surface area (Å²) in [5.41, 5.74) is 5.57. The number of benzene rings is 1. The van der Waals surface area contributed by atoms with Gasteiger partial charge in [-0.05, 0) is 32.1 Å². The van der Waals surface area contributed by atoms with Gasteiger partial charge in [-0.25, -0.2) is 4.39 Å². The van der Waals surface area contributed by atoms with Crippen molar-refractivity contribution in [1.29, 1.82) is 0 Å². The molecule has 1 aromatic rings. The lowest BCUT2D eigenvalue weighted by atomic mass is 10.1. The van der Waals surface area contributed by atoms with Crippen LogP contribution in [0.2, 0.25) is 0 Å². The van der Waals surface area contributed by atoms with Crippen LogP contribution in [-0.4, -0.2) is 11.8 Å². The van der Waals surface area contributed by atoms with Crippen molar-refractivity contribution in [2.24, 2.45) is 5.73 Å². The number of carbonyl (C=O) groups is 2. The second-order valence-corrected chi connectivity index (χ2v) is 3.48. The van der Waals surface area contributed by atoms with E-state index in [0.717, 1.165) is 6.07 Å². The highest BCUT2D eigenvalue weighted by atomic mass is 19.1. The Morgan fingerprint density at radius 2 is 2.06 bits per heavy atom. The number of allylic oxidation sites excluding steroid dienone is 1. The summed E-state index contributed by atoms with van der Waals surface area (Å²) in [5, 5.41) is 2.47. The first-order valence-corrected chi connectivity index (χ1v) is 4.99. The van der Waals surface area contributed by atoms with Gasteiger partial charge in [-0.2, -0.15) is 0 Å². The summed E-state index contributed by atoms with van der Waals surface area (Å²) in [6, 6.07) is 2.39. The van der Waals surface area contributed by atoms with Crippen molar-refractivity contribution in [2.75, 3.05) is 5.32 Å². The van der Waals surface area contributed by atoms with Gasteiger partial charge in [0.2, 0.25) is 11.8 Å². The van der Waals surface area contributed by atoms with Gasteiger partial charge >= 0.3 is 0 Å². The predicted octanol–water partition coefficient (Wildman–Crippen LogP) is 1.75. The van der Waals surface area contributed by atoms with Crippen LogP contribution in [0, 0.1) is 12.7 Å². The molecule has 0 fully saturated rings. The SMILES string of the molecule is CC=CC(=O)Nc1cc(C(N)=O)cc(F)c1C. The molecule has 90 valence electrons. The maximum Gasteiger partial charge on any atom is 0.248 e.